The van der Waals surface area contributed by atoms with Crippen LogP contribution in [-0.2, 0) is 0 Å². The van der Waals surface area contributed by atoms with E-state index < -0.39 is 0 Å². The first kappa shape index (κ1) is 12.4. The number of anilines is 1. The van der Waals surface area contributed by atoms with Gasteiger partial charge in [0.2, 0.25) is 0 Å². The zero-order chi connectivity index (χ0) is 11.4. The van der Waals surface area contributed by atoms with Crippen molar-refractivity contribution in [3.05, 3.63) is 28.3 Å². The lowest BCUT2D eigenvalue weighted by Gasteiger charge is -2.16. The Balaban J connectivity index is 2.94. The highest BCUT2D eigenvalue weighted by Gasteiger charge is 2.07. The maximum atomic E-state index is 5.67. The van der Waals surface area contributed by atoms with E-state index in [1.54, 1.807) is 0 Å². The number of nitrogens with one attached hydrogen (secondary N) is 1. The Kier molecular flexibility index (Phi) is 4.46. The molecule has 0 aliphatic heterocycles. The highest BCUT2D eigenvalue weighted by molar-refractivity contribution is 6.17. The number of hydrogen-bond donors (Lipinski definition) is 1. The Morgan fingerprint density at radius 1 is 1.07 bits per heavy atom. The summed E-state index contributed by atoms with van der Waals surface area (Å²) in [5, 5.41) is 3.48. The van der Waals surface area contributed by atoms with Crippen LogP contribution in [-0.4, -0.2) is 12.4 Å². The first-order chi connectivity index (χ1) is 7.07. The second kappa shape index (κ2) is 5.41. The molecule has 0 aromatic heterocycles. The fraction of sp³-hybridized carbons (Fsp3) is 0.538. The van der Waals surface area contributed by atoms with Gasteiger partial charge in [0, 0.05) is 18.1 Å². The molecule has 0 heterocycles. The SMILES string of the molecule is Cc1cc(C)c(C)c(NCCCCl)c1C. The third-order valence-electron chi connectivity index (χ3n) is 2.98. The van der Waals surface area contributed by atoms with Gasteiger partial charge in [-0.15, -0.1) is 11.6 Å². The number of rotatable bonds is 4. The van der Waals surface area contributed by atoms with Gasteiger partial charge in [-0.25, -0.2) is 0 Å². The van der Waals surface area contributed by atoms with Crippen LogP contribution in [0.15, 0.2) is 6.07 Å². The molecule has 0 atom stereocenters. The Morgan fingerprint density at radius 3 is 2.07 bits per heavy atom. The van der Waals surface area contributed by atoms with Crippen molar-refractivity contribution in [1.82, 2.24) is 0 Å². The summed E-state index contributed by atoms with van der Waals surface area (Å²) in [6.07, 6.45) is 1.01. The van der Waals surface area contributed by atoms with Gasteiger partial charge < -0.3 is 5.32 Å². The van der Waals surface area contributed by atoms with Gasteiger partial charge in [0.25, 0.3) is 0 Å². The van der Waals surface area contributed by atoms with E-state index in [1.165, 1.54) is 27.9 Å². The molecule has 0 bridgehead atoms. The van der Waals surface area contributed by atoms with Crippen LogP contribution in [0.1, 0.15) is 28.7 Å². The van der Waals surface area contributed by atoms with Gasteiger partial charge in [-0.3, -0.25) is 0 Å². The lowest BCUT2D eigenvalue weighted by Crippen LogP contribution is -2.07. The van der Waals surface area contributed by atoms with Crippen LogP contribution in [0.3, 0.4) is 0 Å². The molecule has 1 rings (SSSR count). The third kappa shape index (κ3) is 2.88. The highest BCUT2D eigenvalue weighted by atomic mass is 35.5. The van der Waals surface area contributed by atoms with Gasteiger partial charge in [-0.05, 0) is 56.4 Å². The maximum absolute atomic E-state index is 5.67. The molecular formula is C13H20ClN. The predicted molar refractivity (Wildman–Crippen MR) is 69.2 cm³/mol. The fourth-order valence-electron chi connectivity index (χ4n) is 1.76. The minimum Gasteiger partial charge on any atom is -0.385 e. The molecule has 1 N–H and O–H groups in total. The van der Waals surface area contributed by atoms with Crippen LogP contribution in [0.25, 0.3) is 0 Å². The van der Waals surface area contributed by atoms with E-state index in [-0.39, 0.29) is 0 Å². The predicted octanol–water partition coefficient (Wildman–Crippen LogP) is 3.96. The van der Waals surface area contributed by atoms with Gasteiger partial charge in [-0.1, -0.05) is 6.07 Å². The molecule has 0 spiro atoms. The van der Waals surface area contributed by atoms with Gasteiger partial charge >= 0.3 is 0 Å². The molecule has 0 amide bonds. The van der Waals surface area contributed by atoms with E-state index in [4.69, 9.17) is 11.6 Å². The van der Waals surface area contributed by atoms with Crippen molar-refractivity contribution in [3.63, 3.8) is 0 Å². The number of benzene rings is 1. The molecule has 0 saturated heterocycles. The molecule has 15 heavy (non-hydrogen) atoms. The number of halogens is 1. The Hall–Kier alpha value is -0.690. The zero-order valence-electron chi connectivity index (χ0n) is 10.1. The van der Waals surface area contributed by atoms with Crippen molar-refractivity contribution in [1.29, 1.82) is 0 Å². The van der Waals surface area contributed by atoms with E-state index in [2.05, 4.69) is 39.1 Å². The smallest absolute Gasteiger partial charge is 0.0404 e. The number of hydrogen-bond acceptors (Lipinski definition) is 1. The van der Waals surface area contributed by atoms with Gasteiger partial charge in [0.05, 0.1) is 0 Å². The van der Waals surface area contributed by atoms with Crippen LogP contribution in [0.4, 0.5) is 5.69 Å². The Labute approximate surface area is 97.8 Å². The molecule has 0 saturated carbocycles. The molecule has 2 heteroatoms. The summed E-state index contributed by atoms with van der Waals surface area (Å²) in [5.74, 6) is 0.718. The van der Waals surface area contributed by atoms with Gasteiger partial charge in [0.15, 0.2) is 0 Å². The van der Waals surface area contributed by atoms with E-state index in [1.807, 2.05) is 0 Å². The van der Waals surface area contributed by atoms with E-state index in [0.717, 1.165) is 18.8 Å². The third-order valence-corrected chi connectivity index (χ3v) is 3.25. The summed E-state index contributed by atoms with van der Waals surface area (Å²) >= 11 is 5.67. The van der Waals surface area contributed by atoms with Crippen LogP contribution in [0.2, 0.25) is 0 Å². The van der Waals surface area contributed by atoms with Gasteiger partial charge in [0.1, 0.15) is 0 Å². The summed E-state index contributed by atoms with van der Waals surface area (Å²) in [5.41, 5.74) is 6.70. The second-order valence-electron chi connectivity index (χ2n) is 4.10. The van der Waals surface area contributed by atoms with Crippen molar-refractivity contribution < 1.29 is 0 Å². The maximum Gasteiger partial charge on any atom is 0.0404 e. The van der Waals surface area contributed by atoms with Crippen molar-refractivity contribution in [2.75, 3.05) is 17.7 Å². The quantitative estimate of drug-likeness (QED) is 0.604. The monoisotopic (exact) mass is 225 g/mol. The molecule has 1 nitrogen and oxygen atoms in total. The van der Waals surface area contributed by atoms with Crippen molar-refractivity contribution in [3.8, 4) is 0 Å². The Bertz CT molecular complexity index is 319. The molecule has 84 valence electrons. The summed E-state index contributed by atoms with van der Waals surface area (Å²) in [6, 6.07) is 2.25. The minimum atomic E-state index is 0.718. The van der Waals surface area contributed by atoms with Crippen LogP contribution >= 0.6 is 11.6 Å². The zero-order valence-corrected chi connectivity index (χ0v) is 10.8. The lowest BCUT2D eigenvalue weighted by atomic mass is 9.98. The van der Waals surface area contributed by atoms with E-state index in [0.29, 0.717) is 0 Å². The minimum absolute atomic E-state index is 0.718. The second-order valence-corrected chi connectivity index (χ2v) is 4.48. The number of aryl methyl sites for hydroxylation is 2. The average molecular weight is 226 g/mol. The average Bonchev–Trinajstić information content (AvgIpc) is 2.20. The fourth-order valence-corrected chi connectivity index (χ4v) is 1.90. The molecule has 1 aromatic carbocycles. The van der Waals surface area contributed by atoms with Crippen molar-refractivity contribution in [2.24, 2.45) is 0 Å². The summed E-state index contributed by atoms with van der Waals surface area (Å²) in [4.78, 5) is 0. The normalized spacial score (nSPS) is 10.5. The standard InChI is InChI=1S/C13H20ClN/c1-9-8-10(2)12(4)13(11(9)3)15-7-5-6-14/h8,15H,5-7H2,1-4H3. The Morgan fingerprint density at radius 2 is 1.60 bits per heavy atom. The first-order valence-corrected chi connectivity index (χ1v) is 5.98. The summed E-state index contributed by atoms with van der Waals surface area (Å²) in [7, 11) is 0. The molecule has 0 radical (unpaired) electrons. The van der Waals surface area contributed by atoms with Crippen LogP contribution in [0.5, 0.6) is 0 Å². The molecule has 0 unspecified atom stereocenters. The van der Waals surface area contributed by atoms with E-state index in [9.17, 15) is 0 Å². The molecule has 1 aromatic rings. The molecular weight excluding hydrogens is 206 g/mol. The first-order valence-electron chi connectivity index (χ1n) is 5.45. The summed E-state index contributed by atoms with van der Waals surface area (Å²) < 4.78 is 0. The molecule has 0 aliphatic rings. The van der Waals surface area contributed by atoms with Crippen LogP contribution in [0, 0.1) is 27.7 Å². The largest absolute Gasteiger partial charge is 0.385 e. The summed E-state index contributed by atoms with van der Waals surface area (Å²) in [6.45, 7) is 9.62. The molecule has 0 fully saturated rings. The molecule has 0 aliphatic carbocycles. The lowest BCUT2D eigenvalue weighted by molar-refractivity contribution is 0.979. The van der Waals surface area contributed by atoms with Crippen LogP contribution < -0.4 is 5.32 Å². The van der Waals surface area contributed by atoms with Crippen molar-refractivity contribution >= 4 is 17.3 Å². The van der Waals surface area contributed by atoms with E-state index >= 15 is 0 Å². The highest BCUT2D eigenvalue weighted by Crippen LogP contribution is 2.26. The van der Waals surface area contributed by atoms with Crippen molar-refractivity contribution in [2.45, 2.75) is 34.1 Å². The van der Waals surface area contributed by atoms with Gasteiger partial charge in [-0.2, -0.15) is 0 Å². The topological polar surface area (TPSA) is 12.0 Å². The number of alkyl halides is 1.